The summed E-state index contributed by atoms with van der Waals surface area (Å²) in [6.07, 6.45) is 4.21. The Balaban J connectivity index is 1.25. The fourth-order valence-electron chi connectivity index (χ4n) is 4.44. The normalized spacial score (nSPS) is 18.8. The van der Waals surface area contributed by atoms with Crippen molar-refractivity contribution in [2.24, 2.45) is 11.8 Å². The molecule has 176 valence electrons. The van der Waals surface area contributed by atoms with Crippen LogP contribution in [0.1, 0.15) is 31.2 Å². The summed E-state index contributed by atoms with van der Waals surface area (Å²) < 4.78 is 27.6. The minimum absolute atomic E-state index is 0.0355. The van der Waals surface area contributed by atoms with Crippen LogP contribution >= 0.6 is 0 Å². The summed E-state index contributed by atoms with van der Waals surface area (Å²) in [5, 5.41) is 4.48. The first kappa shape index (κ1) is 23.4. The standard InChI is InChI=1S/C25H33N5O2S/c1-30(2)24-22-10-6-7-11-23(22)28-25(29-24)26-16-19-12-14-20(15-13-19)17-27-33(31,32)18-21-8-4-3-5-9-21/h3-11,19-20,27H,12-18H2,1-2H3,(H,26,28,29). The Morgan fingerprint density at radius 1 is 0.879 bits per heavy atom. The number of para-hydroxylation sites is 1. The van der Waals surface area contributed by atoms with E-state index in [0.29, 0.717) is 24.3 Å². The van der Waals surface area contributed by atoms with Crippen LogP contribution in [-0.2, 0) is 15.8 Å². The van der Waals surface area contributed by atoms with Crippen LogP contribution in [0.15, 0.2) is 54.6 Å². The lowest BCUT2D eigenvalue weighted by atomic mass is 9.82. The van der Waals surface area contributed by atoms with Gasteiger partial charge in [0, 0.05) is 32.6 Å². The number of rotatable bonds is 9. The summed E-state index contributed by atoms with van der Waals surface area (Å²) in [5.41, 5.74) is 1.75. The Labute approximate surface area is 196 Å². The van der Waals surface area contributed by atoms with Gasteiger partial charge in [-0.25, -0.2) is 18.1 Å². The van der Waals surface area contributed by atoms with E-state index in [2.05, 4.69) is 15.0 Å². The molecule has 7 nitrogen and oxygen atoms in total. The van der Waals surface area contributed by atoms with Crippen molar-refractivity contribution in [3.8, 4) is 0 Å². The fraction of sp³-hybridized carbons (Fsp3) is 0.440. The molecule has 0 spiro atoms. The van der Waals surface area contributed by atoms with E-state index in [-0.39, 0.29) is 5.75 Å². The van der Waals surface area contributed by atoms with Crippen LogP contribution in [0, 0.1) is 11.8 Å². The Kier molecular flexibility index (Phi) is 7.45. The predicted molar refractivity (Wildman–Crippen MR) is 135 cm³/mol. The molecule has 1 aromatic heterocycles. The highest BCUT2D eigenvalue weighted by molar-refractivity contribution is 7.88. The Hall–Kier alpha value is -2.71. The third kappa shape index (κ3) is 6.42. The molecule has 3 aromatic rings. The highest BCUT2D eigenvalue weighted by atomic mass is 32.2. The lowest BCUT2D eigenvalue weighted by molar-refractivity contribution is 0.284. The molecule has 33 heavy (non-hydrogen) atoms. The first-order chi connectivity index (χ1) is 15.9. The van der Waals surface area contributed by atoms with Gasteiger partial charge in [0.25, 0.3) is 0 Å². The molecule has 0 radical (unpaired) electrons. The molecule has 2 N–H and O–H groups in total. The van der Waals surface area contributed by atoms with Gasteiger partial charge in [-0.2, -0.15) is 4.98 Å². The molecule has 1 fully saturated rings. The molecule has 4 rings (SSSR count). The Morgan fingerprint density at radius 2 is 1.52 bits per heavy atom. The lowest BCUT2D eigenvalue weighted by Crippen LogP contribution is -2.33. The number of hydrogen-bond donors (Lipinski definition) is 2. The van der Waals surface area contributed by atoms with Crippen LogP contribution in [0.4, 0.5) is 11.8 Å². The van der Waals surface area contributed by atoms with E-state index in [4.69, 9.17) is 4.98 Å². The highest BCUT2D eigenvalue weighted by Gasteiger charge is 2.23. The van der Waals surface area contributed by atoms with Gasteiger partial charge in [0.05, 0.1) is 11.3 Å². The third-order valence-electron chi connectivity index (χ3n) is 6.31. The van der Waals surface area contributed by atoms with Crippen LogP contribution in [0.3, 0.4) is 0 Å². The molecule has 0 atom stereocenters. The largest absolute Gasteiger partial charge is 0.362 e. The summed E-state index contributed by atoms with van der Waals surface area (Å²) in [4.78, 5) is 11.4. The maximum absolute atomic E-state index is 12.4. The number of fused-ring (bicyclic) bond motifs is 1. The van der Waals surface area contributed by atoms with E-state index in [9.17, 15) is 8.42 Å². The van der Waals surface area contributed by atoms with E-state index in [1.54, 1.807) is 0 Å². The second-order valence-corrected chi connectivity index (χ2v) is 11.0. The number of anilines is 2. The highest BCUT2D eigenvalue weighted by Crippen LogP contribution is 2.29. The van der Waals surface area contributed by atoms with Crippen molar-refractivity contribution in [3.05, 3.63) is 60.2 Å². The molecule has 1 heterocycles. The number of benzene rings is 2. The van der Waals surface area contributed by atoms with Gasteiger partial charge in [0.2, 0.25) is 16.0 Å². The number of nitrogens with one attached hydrogen (secondary N) is 2. The quantitative estimate of drug-likeness (QED) is 0.494. The number of nitrogens with zero attached hydrogens (tertiary/aromatic N) is 3. The summed E-state index contributed by atoms with van der Waals surface area (Å²) in [6, 6.07) is 17.4. The van der Waals surface area contributed by atoms with Crippen molar-refractivity contribution >= 4 is 32.7 Å². The summed E-state index contributed by atoms with van der Waals surface area (Å²) in [5.74, 6) is 2.54. The first-order valence-corrected chi connectivity index (χ1v) is 13.2. The van der Waals surface area contributed by atoms with Crippen molar-refractivity contribution in [3.63, 3.8) is 0 Å². The molecule has 0 amide bonds. The molecule has 0 saturated heterocycles. The van der Waals surface area contributed by atoms with Crippen molar-refractivity contribution in [2.75, 3.05) is 37.4 Å². The molecule has 1 saturated carbocycles. The zero-order valence-electron chi connectivity index (χ0n) is 19.4. The first-order valence-electron chi connectivity index (χ1n) is 11.6. The topological polar surface area (TPSA) is 87.2 Å². The molecule has 0 unspecified atom stereocenters. The number of sulfonamides is 1. The van der Waals surface area contributed by atoms with Gasteiger partial charge < -0.3 is 10.2 Å². The minimum Gasteiger partial charge on any atom is -0.362 e. The van der Waals surface area contributed by atoms with Gasteiger partial charge >= 0.3 is 0 Å². The van der Waals surface area contributed by atoms with E-state index in [1.165, 1.54) is 0 Å². The molecular formula is C25H33N5O2S. The Morgan fingerprint density at radius 3 is 2.21 bits per heavy atom. The maximum Gasteiger partial charge on any atom is 0.225 e. The molecule has 8 heteroatoms. The smallest absolute Gasteiger partial charge is 0.225 e. The number of hydrogen-bond acceptors (Lipinski definition) is 6. The van der Waals surface area contributed by atoms with Gasteiger partial charge in [0.1, 0.15) is 5.82 Å². The Bertz CT molecular complexity index is 1160. The van der Waals surface area contributed by atoms with Crippen LogP contribution < -0.4 is 14.9 Å². The van der Waals surface area contributed by atoms with Gasteiger partial charge in [-0.15, -0.1) is 0 Å². The van der Waals surface area contributed by atoms with E-state index in [1.807, 2.05) is 73.6 Å². The van der Waals surface area contributed by atoms with Crippen molar-refractivity contribution in [1.29, 1.82) is 0 Å². The van der Waals surface area contributed by atoms with Gasteiger partial charge in [-0.05, 0) is 55.2 Å². The maximum atomic E-state index is 12.4. The molecule has 1 aliphatic carbocycles. The van der Waals surface area contributed by atoms with Crippen LogP contribution in [-0.4, -0.2) is 45.6 Å². The predicted octanol–water partition coefficient (Wildman–Crippen LogP) is 4.03. The molecule has 1 aliphatic rings. The van der Waals surface area contributed by atoms with Crippen molar-refractivity contribution in [1.82, 2.24) is 14.7 Å². The molecule has 2 aromatic carbocycles. The van der Waals surface area contributed by atoms with Crippen molar-refractivity contribution < 1.29 is 8.42 Å². The van der Waals surface area contributed by atoms with E-state index < -0.39 is 10.0 Å². The van der Waals surface area contributed by atoms with Gasteiger partial charge in [-0.1, -0.05) is 42.5 Å². The van der Waals surface area contributed by atoms with E-state index >= 15 is 0 Å². The zero-order chi connectivity index (χ0) is 23.3. The zero-order valence-corrected chi connectivity index (χ0v) is 20.2. The fourth-order valence-corrected chi connectivity index (χ4v) is 5.67. The molecule has 0 bridgehead atoms. The van der Waals surface area contributed by atoms with Gasteiger partial charge in [-0.3, -0.25) is 0 Å². The van der Waals surface area contributed by atoms with Crippen LogP contribution in [0.5, 0.6) is 0 Å². The summed E-state index contributed by atoms with van der Waals surface area (Å²) in [6.45, 7) is 1.35. The summed E-state index contributed by atoms with van der Waals surface area (Å²) >= 11 is 0. The molecule has 0 aliphatic heterocycles. The second-order valence-electron chi connectivity index (χ2n) is 9.14. The minimum atomic E-state index is -3.31. The van der Waals surface area contributed by atoms with Crippen LogP contribution in [0.25, 0.3) is 10.9 Å². The average molecular weight is 468 g/mol. The monoisotopic (exact) mass is 467 g/mol. The second kappa shape index (κ2) is 10.5. The van der Waals surface area contributed by atoms with Crippen LogP contribution in [0.2, 0.25) is 0 Å². The van der Waals surface area contributed by atoms with E-state index in [0.717, 1.165) is 54.5 Å². The average Bonchev–Trinajstić information content (AvgIpc) is 2.82. The molecular weight excluding hydrogens is 434 g/mol. The SMILES string of the molecule is CN(C)c1nc(NCC2CCC(CNS(=O)(=O)Cc3ccccc3)CC2)nc2ccccc12. The number of aromatic nitrogens is 2. The lowest BCUT2D eigenvalue weighted by Gasteiger charge is -2.28. The third-order valence-corrected chi connectivity index (χ3v) is 7.63. The summed E-state index contributed by atoms with van der Waals surface area (Å²) in [7, 11) is 0.682. The van der Waals surface area contributed by atoms with Gasteiger partial charge in [0.15, 0.2) is 0 Å². The van der Waals surface area contributed by atoms with Crippen molar-refractivity contribution in [2.45, 2.75) is 31.4 Å².